The largest absolute Gasteiger partial charge is 0.384 e. The Morgan fingerprint density at radius 1 is 1.13 bits per heavy atom. The van der Waals surface area contributed by atoms with Gasteiger partial charge in [-0.25, -0.2) is 4.39 Å². The zero-order valence-corrected chi connectivity index (χ0v) is 8.62. The molecule has 2 saturated carbocycles. The number of aliphatic hydroxyl groups is 1. The SMILES string of the molecule is OC1(c2ccccc2F)C2CCCCC21. The highest BCUT2D eigenvalue weighted by Gasteiger charge is 2.65. The van der Waals surface area contributed by atoms with Crippen molar-refractivity contribution in [3.63, 3.8) is 0 Å². The van der Waals surface area contributed by atoms with Gasteiger partial charge in [0.15, 0.2) is 0 Å². The molecule has 1 nitrogen and oxygen atoms in total. The number of rotatable bonds is 1. The van der Waals surface area contributed by atoms with Crippen molar-refractivity contribution in [3.8, 4) is 0 Å². The van der Waals surface area contributed by atoms with Gasteiger partial charge >= 0.3 is 0 Å². The van der Waals surface area contributed by atoms with Crippen molar-refractivity contribution < 1.29 is 9.50 Å². The Morgan fingerprint density at radius 3 is 2.33 bits per heavy atom. The van der Waals surface area contributed by atoms with Crippen molar-refractivity contribution in [2.75, 3.05) is 0 Å². The van der Waals surface area contributed by atoms with Crippen LogP contribution in [0.15, 0.2) is 24.3 Å². The summed E-state index contributed by atoms with van der Waals surface area (Å²) in [6, 6.07) is 6.65. The average molecular weight is 206 g/mol. The highest BCUT2D eigenvalue weighted by Crippen LogP contribution is 2.64. The lowest BCUT2D eigenvalue weighted by Gasteiger charge is -2.11. The molecular formula is C13H15FO. The van der Waals surface area contributed by atoms with Crippen molar-refractivity contribution >= 4 is 0 Å². The van der Waals surface area contributed by atoms with Gasteiger partial charge in [0.2, 0.25) is 0 Å². The smallest absolute Gasteiger partial charge is 0.129 e. The molecule has 2 aliphatic carbocycles. The number of fused-ring (bicyclic) bond motifs is 1. The van der Waals surface area contributed by atoms with Crippen LogP contribution in [0.25, 0.3) is 0 Å². The van der Waals surface area contributed by atoms with Crippen molar-refractivity contribution in [1.82, 2.24) is 0 Å². The zero-order chi connectivity index (χ0) is 10.5. The lowest BCUT2D eigenvalue weighted by atomic mass is 10.0. The first kappa shape index (κ1) is 9.34. The summed E-state index contributed by atoms with van der Waals surface area (Å²) in [6.45, 7) is 0. The van der Waals surface area contributed by atoms with Crippen LogP contribution in [0.4, 0.5) is 4.39 Å². The third-order valence-electron chi connectivity index (χ3n) is 4.09. The van der Waals surface area contributed by atoms with Crippen molar-refractivity contribution in [2.24, 2.45) is 11.8 Å². The molecule has 2 aliphatic rings. The van der Waals surface area contributed by atoms with Gasteiger partial charge in [0, 0.05) is 5.56 Å². The second kappa shape index (κ2) is 3.05. The quantitative estimate of drug-likeness (QED) is 0.749. The van der Waals surface area contributed by atoms with E-state index >= 15 is 0 Å². The lowest BCUT2D eigenvalue weighted by molar-refractivity contribution is 0.113. The second-order valence-corrected chi connectivity index (χ2v) is 4.80. The van der Waals surface area contributed by atoms with Crippen molar-refractivity contribution in [2.45, 2.75) is 31.3 Å². The van der Waals surface area contributed by atoms with Gasteiger partial charge in [-0.05, 0) is 30.7 Å². The Balaban J connectivity index is 1.98. The molecule has 0 heterocycles. The Morgan fingerprint density at radius 2 is 1.73 bits per heavy atom. The van der Waals surface area contributed by atoms with Crippen LogP contribution in [0, 0.1) is 17.7 Å². The Kier molecular flexibility index (Phi) is 1.90. The average Bonchev–Trinajstić information content (AvgIpc) is 2.87. The van der Waals surface area contributed by atoms with E-state index in [1.807, 2.05) is 0 Å². The van der Waals surface area contributed by atoms with Crippen LogP contribution in [-0.4, -0.2) is 5.11 Å². The van der Waals surface area contributed by atoms with E-state index in [9.17, 15) is 9.50 Å². The summed E-state index contributed by atoms with van der Waals surface area (Å²) in [6.07, 6.45) is 4.46. The molecule has 3 rings (SSSR count). The van der Waals surface area contributed by atoms with Crippen LogP contribution in [0.2, 0.25) is 0 Å². The minimum absolute atomic E-state index is 0.255. The summed E-state index contributed by atoms with van der Waals surface area (Å²) >= 11 is 0. The fraction of sp³-hybridized carbons (Fsp3) is 0.538. The van der Waals surface area contributed by atoms with Gasteiger partial charge in [0.05, 0.1) is 5.60 Å². The number of hydrogen-bond donors (Lipinski definition) is 1. The molecule has 1 N–H and O–H groups in total. The second-order valence-electron chi connectivity index (χ2n) is 4.80. The van der Waals surface area contributed by atoms with Gasteiger partial charge in [0.25, 0.3) is 0 Å². The Labute approximate surface area is 88.9 Å². The first-order valence-electron chi connectivity index (χ1n) is 5.72. The predicted molar refractivity (Wildman–Crippen MR) is 55.7 cm³/mol. The molecular weight excluding hydrogens is 191 g/mol. The summed E-state index contributed by atoms with van der Waals surface area (Å²) in [4.78, 5) is 0. The predicted octanol–water partition coefficient (Wildman–Crippen LogP) is 2.83. The maximum Gasteiger partial charge on any atom is 0.129 e. The fourth-order valence-electron chi connectivity index (χ4n) is 3.28. The Hall–Kier alpha value is -0.890. The zero-order valence-electron chi connectivity index (χ0n) is 8.62. The topological polar surface area (TPSA) is 20.2 Å². The van der Waals surface area contributed by atoms with Crippen LogP contribution in [-0.2, 0) is 5.60 Å². The van der Waals surface area contributed by atoms with Gasteiger partial charge in [-0.2, -0.15) is 0 Å². The molecule has 0 amide bonds. The normalized spacial score (nSPS) is 38.5. The first-order chi connectivity index (χ1) is 7.24. The lowest BCUT2D eigenvalue weighted by Crippen LogP contribution is -2.12. The van der Waals surface area contributed by atoms with Gasteiger partial charge in [-0.1, -0.05) is 31.0 Å². The molecule has 2 fully saturated rings. The minimum atomic E-state index is -0.845. The number of benzene rings is 1. The van der Waals surface area contributed by atoms with E-state index in [0.717, 1.165) is 12.8 Å². The van der Waals surface area contributed by atoms with E-state index in [0.29, 0.717) is 17.4 Å². The number of halogens is 1. The van der Waals surface area contributed by atoms with E-state index < -0.39 is 5.60 Å². The highest BCUT2D eigenvalue weighted by molar-refractivity contribution is 5.34. The third-order valence-corrected chi connectivity index (χ3v) is 4.09. The molecule has 2 atom stereocenters. The molecule has 0 bridgehead atoms. The summed E-state index contributed by atoms with van der Waals surface area (Å²) in [5.74, 6) is 0.362. The van der Waals surface area contributed by atoms with Gasteiger partial charge < -0.3 is 5.11 Å². The van der Waals surface area contributed by atoms with Crippen LogP contribution < -0.4 is 0 Å². The maximum absolute atomic E-state index is 13.6. The molecule has 1 aromatic carbocycles. The third kappa shape index (κ3) is 1.18. The molecule has 0 saturated heterocycles. The maximum atomic E-state index is 13.6. The van der Waals surface area contributed by atoms with Gasteiger partial charge in [-0.15, -0.1) is 0 Å². The van der Waals surface area contributed by atoms with Crippen LogP contribution in [0.1, 0.15) is 31.2 Å². The standard InChI is InChI=1S/C13H15FO/c14-12-8-4-3-7-11(12)13(15)9-5-1-2-6-10(9)13/h3-4,7-10,15H,1-2,5-6H2. The summed E-state index contributed by atoms with van der Waals surface area (Å²) < 4.78 is 13.6. The van der Waals surface area contributed by atoms with Crippen LogP contribution in [0.5, 0.6) is 0 Å². The van der Waals surface area contributed by atoms with E-state index in [-0.39, 0.29) is 5.82 Å². The molecule has 0 aromatic heterocycles. The first-order valence-corrected chi connectivity index (χ1v) is 5.72. The van der Waals surface area contributed by atoms with Crippen LogP contribution >= 0.6 is 0 Å². The Bertz CT molecular complexity index is 376. The summed E-state index contributed by atoms with van der Waals surface area (Å²) in [5.41, 5.74) is -0.330. The minimum Gasteiger partial charge on any atom is -0.384 e. The molecule has 80 valence electrons. The summed E-state index contributed by atoms with van der Waals surface area (Å²) in [7, 11) is 0. The molecule has 0 aliphatic heterocycles. The highest BCUT2D eigenvalue weighted by atomic mass is 19.1. The van der Waals surface area contributed by atoms with Crippen molar-refractivity contribution in [3.05, 3.63) is 35.6 Å². The van der Waals surface area contributed by atoms with Crippen molar-refractivity contribution in [1.29, 1.82) is 0 Å². The molecule has 1 aromatic rings. The monoisotopic (exact) mass is 206 g/mol. The van der Waals surface area contributed by atoms with E-state index in [1.165, 1.54) is 18.9 Å². The van der Waals surface area contributed by atoms with E-state index in [4.69, 9.17) is 0 Å². The fourth-order valence-corrected chi connectivity index (χ4v) is 3.28. The van der Waals surface area contributed by atoms with Gasteiger partial charge in [-0.3, -0.25) is 0 Å². The summed E-state index contributed by atoms with van der Waals surface area (Å²) in [5, 5.41) is 10.5. The van der Waals surface area contributed by atoms with Gasteiger partial charge in [0.1, 0.15) is 5.82 Å². The molecule has 0 spiro atoms. The molecule has 2 heteroatoms. The molecule has 15 heavy (non-hydrogen) atoms. The van der Waals surface area contributed by atoms with E-state index in [2.05, 4.69) is 0 Å². The molecule has 0 radical (unpaired) electrons. The van der Waals surface area contributed by atoms with E-state index in [1.54, 1.807) is 18.2 Å². The van der Waals surface area contributed by atoms with Crippen LogP contribution in [0.3, 0.4) is 0 Å². The number of hydrogen-bond acceptors (Lipinski definition) is 1. The molecule has 2 unspecified atom stereocenters.